The van der Waals surface area contributed by atoms with Gasteiger partial charge < -0.3 is 9.88 Å². The van der Waals surface area contributed by atoms with E-state index in [9.17, 15) is 13.4 Å². The van der Waals surface area contributed by atoms with Gasteiger partial charge in [-0.15, -0.1) is 0 Å². The minimum absolute atomic E-state index is 0.0149. The van der Waals surface area contributed by atoms with E-state index in [1.165, 1.54) is 22.9 Å². The lowest BCUT2D eigenvalue weighted by Crippen LogP contribution is -2.39. The van der Waals surface area contributed by atoms with Crippen LogP contribution in [0.15, 0.2) is 59.7 Å². The van der Waals surface area contributed by atoms with E-state index < -0.39 is 21.6 Å². The molecule has 1 aliphatic heterocycles. The SMILES string of the molecule is CC1C=CC=CC1[C@H]1C=Cc2c(cn(C)c2C(=O)Nc2ccc(F)c(C#N)c2)S(=N)(=O)N1. The average molecular weight is 452 g/mol. The molecule has 1 amide bonds. The molecule has 4 atom stereocenters. The largest absolute Gasteiger partial charge is 0.345 e. The minimum Gasteiger partial charge on any atom is -0.345 e. The van der Waals surface area contributed by atoms with Crippen molar-refractivity contribution < 1.29 is 13.4 Å². The Kier molecular flexibility index (Phi) is 5.59. The molecule has 32 heavy (non-hydrogen) atoms. The number of rotatable bonds is 3. The van der Waals surface area contributed by atoms with E-state index in [4.69, 9.17) is 10.0 Å². The second-order valence-electron chi connectivity index (χ2n) is 7.89. The first-order valence-corrected chi connectivity index (χ1v) is 11.6. The lowest BCUT2D eigenvalue weighted by molar-refractivity contribution is 0.101. The summed E-state index contributed by atoms with van der Waals surface area (Å²) < 4.78 is 39.9. The van der Waals surface area contributed by atoms with Crippen LogP contribution in [-0.2, 0) is 17.0 Å². The Hall–Kier alpha value is -3.48. The summed E-state index contributed by atoms with van der Waals surface area (Å²) in [4.78, 5) is 13.3. The molecular weight excluding hydrogens is 429 g/mol. The predicted octanol–water partition coefficient (Wildman–Crippen LogP) is 3.97. The monoisotopic (exact) mass is 451 g/mol. The first-order chi connectivity index (χ1) is 15.2. The molecule has 0 bridgehead atoms. The van der Waals surface area contributed by atoms with Crippen molar-refractivity contribution in [1.29, 1.82) is 10.0 Å². The number of hydrogen-bond acceptors (Lipinski definition) is 4. The molecule has 0 fully saturated rings. The van der Waals surface area contributed by atoms with Gasteiger partial charge in [-0.25, -0.2) is 18.1 Å². The van der Waals surface area contributed by atoms with Crippen molar-refractivity contribution in [2.45, 2.75) is 17.9 Å². The molecule has 2 aliphatic rings. The van der Waals surface area contributed by atoms with Crippen LogP contribution in [0.1, 0.15) is 28.5 Å². The lowest BCUT2D eigenvalue weighted by Gasteiger charge is -2.28. The molecule has 1 aromatic carbocycles. The number of nitriles is 1. The fourth-order valence-corrected chi connectivity index (χ4v) is 5.58. The molecule has 7 nitrogen and oxygen atoms in total. The number of benzene rings is 1. The molecule has 4 rings (SSSR count). The number of nitrogens with zero attached hydrogens (tertiary/aromatic N) is 2. The van der Waals surface area contributed by atoms with E-state index in [2.05, 4.69) is 23.0 Å². The van der Waals surface area contributed by atoms with Gasteiger partial charge >= 0.3 is 0 Å². The molecule has 164 valence electrons. The van der Waals surface area contributed by atoms with Crippen molar-refractivity contribution in [3.05, 3.63) is 77.4 Å². The summed E-state index contributed by atoms with van der Waals surface area (Å²) in [5.74, 6) is -0.984. The highest BCUT2D eigenvalue weighted by molar-refractivity contribution is 7.90. The topological polar surface area (TPSA) is 111 Å². The fourth-order valence-electron chi connectivity index (χ4n) is 4.05. The zero-order valence-electron chi connectivity index (χ0n) is 17.5. The lowest BCUT2D eigenvalue weighted by atomic mass is 9.84. The maximum atomic E-state index is 13.6. The number of aryl methyl sites for hydroxylation is 1. The summed E-state index contributed by atoms with van der Waals surface area (Å²) >= 11 is 0. The summed E-state index contributed by atoms with van der Waals surface area (Å²) in [6.07, 6.45) is 13.1. The Morgan fingerprint density at radius 3 is 2.78 bits per heavy atom. The molecule has 0 saturated carbocycles. The standard InChI is InChI=1S/C23H22FN5O2S/c1-14-5-3-4-6-17(14)20-10-8-18-21(32(26,31)28-20)13-29(2)22(18)23(30)27-16-7-9-19(24)15(11-16)12-25/h3-11,13-14,17,20H,1-2H3,(H,27,30)(H2,26,28,31)/t14?,17?,20-,32?/m1/s1. The van der Waals surface area contributed by atoms with Crippen LogP contribution in [0.2, 0.25) is 0 Å². The smallest absolute Gasteiger partial charge is 0.272 e. The Balaban J connectivity index is 1.70. The summed E-state index contributed by atoms with van der Waals surface area (Å²) in [7, 11) is -1.76. The van der Waals surface area contributed by atoms with Crippen molar-refractivity contribution >= 4 is 27.6 Å². The molecule has 1 aromatic heterocycles. The summed E-state index contributed by atoms with van der Waals surface area (Å²) in [5.41, 5.74) is 0.689. The number of halogens is 1. The third-order valence-corrected chi connectivity index (χ3v) is 7.26. The number of fused-ring (bicyclic) bond motifs is 1. The van der Waals surface area contributed by atoms with Gasteiger partial charge in [-0.1, -0.05) is 43.4 Å². The van der Waals surface area contributed by atoms with Crippen LogP contribution in [0.3, 0.4) is 0 Å². The predicted molar refractivity (Wildman–Crippen MR) is 121 cm³/mol. The van der Waals surface area contributed by atoms with Crippen LogP contribution in [0.4, 0.5) is 10.1 Å². The van der Waals surface area contributed by atoms with Gasteiger partial charge in [0, 0.05) is 36.5 Å². The molecule has 9 heteroatoms. The summed E-state index contributed by atoms with van der Waals surface area (Å²) in [6.45, 7) is 2.06. The van der Waals surface area contributed by atoms with Gasteiger partial charge in [-0.2, -0.15) is 5.26 Å². The molecule has 1 aliphatic carbocycles. The van der Waals surface area contributed by atoms with Gasteiger partial charge in [0.25, 0.3) is 5.91 Å². The van der Waals surface area contributed by atoms with E-state index in [1.54, 1.807) is 19.2 Å². The Bertz CT molecular complexity index is 1330. The van der Waals surface area contributed by atoms with Gasteiger partial charge in [0.2, 0.25) is 0 Å². The highest BCUT2D eigenvalue weighted by Gasteiger charge is 2.32. The van der Waals surface area contributed by atoms with Crippen LogP contribution >= 0.6 is 0 Å². The molecule has 2 aromatic rings. The Labute approximate surface area is 186 Å². The van der Waals surface area contributed by atoms with E-state index in [-0.39, 0.29) is 39.7 Å². The van der Waals surface area contributed by atoms with Crippen molar-refractivity contribution in [1.82, 2.24) is 9.29 Å². The van der Waals surface area contributed by atoms with E-state index in [1.807, 2.05) is 24.3 Å². The molecule has 2 heterocycles. The number of carbonyl (C=O) groups is 1. The van der Waals surface area contributed by atoms with Crippen LogP contribution in [0.25, 0.3) is 6.08 Å². The second kappa shape index (κ2) is 8.22. The van der Waals surface area contributed by atoms with Crippen molar-refractivity contribution in [2.24, 2.45) is 18.9 Å². The third-order valence-electron chi connectivity index (χ3n) is 5.71. The maximum Gasteiger partial charge on any atom is 0.272 e. The number of hydrogen-bond donors (Lipinski definition) is 3. The van der Waals surface area contributed by atoms with Crippen LogP contribution < -0.4 is 10.0 Å². The summed E-state index contributed by atoms with van der Waals surface area (Å²) in [5, 5.41) is 11.7. The maximum absolute atomic E-state index is 13.6. The normalized spacial score (nSPS) is 26.2. The zero-order valence-corrected chi connectivity index (χ0v) is 18.3. The van der Waals surface area contributed by atoms with Gasteiger partial charge in [-0.05, 0) is 24.1 Å². The quantitative estimate of drug-likeness (QED) is 0.656. The molecular formula is C23H22FN5O2S. The van der Waals surface area contributed by atoms with Crippen LogP contribution in [0.5, 0.6) is 0 Å². The number of amides is 1. The number of carbonyl (C=O) groups excluding carboxylic acids is 1. The van der Waals surface area contributed by atoms with Gasteiger partial charge in [0.1, 0.15) is 27.5 Å². The van der Waals surface area contributed by atoms with Gasteiger partial charge in [0.15, 0.2) is 0 Å². The zero-order chi connectivity index (χ0) is 23.0. The van der Waals surface area contributed by atoms with E-state index in [0.29, 0.717) is 5.56 Å². The van der Waals surface area contributed by atoms with Gasteiger partial charge in [0.05, 0.1) is 10.5 Å². The van der Waals surface area contributed by atoms with Gasteiger partial charge in [-0.3, -0.25) is 4.79 Å². The minimum atomic E-state index is -3.39. The van der Waals surface area contributed by atoms with Crippen LogP contribution in [-0.4, -0.2) is 20.7 Å². The van der Waals surface area contributed by atoms with Crippen molar-refractivity contribution in [3.63, 3.8) is 0 Å². The highest BCUT2D eigenvalue weighted by Crippen LogP contribution is 2.31. The number of aromatic nitrogens is 1. The third kappa shape index (κ3) is 3.90. The highest BCUT2D eigenvalue weighted by atomic mass is 32.2. The fraction of sp³-hybridized carbons (Fsp3) is 0.217. The molecule has 0 saturated heterocycles. The Morgan fingerprint density at radius 1 is 1.31 bits per heavy atom. The van der Waals surface area contributed by atoms with Crippen LogP contribution in [0, 0.1) is 33.8 Å². The average Bonchev–Trinajstić information content (AvgIpc) is 3.04. The van der Waals surface area contributed by atoms with Crippen molar-refractivity contribution in [2.75, 3.05) is 5.32 Å². The number of allylic oxidation sites excluding steroid dienone is 3. The first-order valence-electron chi connectivity index (χ1n) is 10.0. The molecule has 3 unspecified atom stereocenters. The summed E-state index contributed by atoms with van der Waals surface area (Å²) in [6, 6.07) is 5.11. The molecule has 3 N–H and O–H groups in total. The van der Waals surface area contributed by atoms with E-state index in [0.717, 1.165) is 6.07 Å². The molecule has 0 spiro atoms. The molecule has 0 radical (unpaired) electrons. The number of anilines is 1. The number of nitrogens with one attached hydrogen (secondary N) is 3. The van der Waals surface area contributed by atoms with Crippen molar-refractivity contribution in [3.8, 4) is 6.07 Å². The first kappa shape index (κ1) is 21.7. The Morgan fingerprint density at radius 2 is 2.06 bits per heavy atom. The second-order valence-corrected chi connectivity index (χ2v) is 9.68. The van der Waals surface area contributed by atoms with E-state index >= 15 is 0 Å².